The van der Waals surface area contributed by atoms with E-state index in [0.29, 0.717) is 12.1 Å². The number of hydrogen-bond acceptors (Lipinski definition) is 3. The smallest absolute Gasteiger partial charge is 0.412 e. The molecule has 0 atom stereocenters. The Hall–Kier alpha value is -2.44. The molecular weight excluding hydrogens is 260 g/mol. The number of carbonyl (C=O) groups is 2. The molecule has 0 unspecified atom stereocenters. The molecule has 0 saturated heterocycles. The summed E-state index contributed by atoms with van der Waals surface area (Å²) in [7, 11) is 0. The molecule has 0 heterocycles. The third-order valence-corrected chi connectivity index (χ3v) is 2.05. The van der Waals surface area contributed by atoms with E-state index >= 15 is 0 Å². The second kappa shape index (κ2) is 6.48. The maximum atomic E-state index is 13.5. The van der Waals surface area contributed by atoms with Crippen LogP contribution < -0.4 is 5.32 Å². The van der Waals surface area contributed by atoms with Crippen molar-refractivity contribution < 1.29 is 28.2 Å². The van der Waals surface area contributed by atoms with Crippen LogP contribution in [0.1, 0.15) is 5.56 Å². The number of nitrogens with one attached hydrogen (secondary N) is 1. The van der Waals surface area contributed by atoms with Crippen molar-refractivity contribution in [2.24, 2.45) is 0 Å². The molecule has 7 heteroatoms. The number of carboxylic acid groups (broad SMARTS) is 1. The summed E-state index contributed by atoms with van der Waals surface area (Å²) >= 11 is 0. The van der Waals surface area contributed by atoms with Crippen LogP contribution in [0.3, 0.4) is 0 Å². The maximum Gasteiger partial charge on any atom is 0.412 e. The quantitative estimate of drug-likeness (QED) is 0.806. The third-order valence-electron chi connectivity index (χ3n) is 2.05. The third kappa shape index (κ3) is 4.38. The van der Waals surface area contributed by atoms with E-state index in [2.05, 4.69) is 11.3 Å². The lowest BCUT2D eigenvalue weighted by Gasteiger charge is -2.08. The lowest BCUT2D eigenvalue weighted by molar-refractivity contribution is -0.136. The first-order chi connectivity index (χ1) is 8.93. The van der Waals surface area contributed by atoms with Gasteiger partial charge in [-0.1, -0.05) is 12.7 Å². The number of carboxylic acids is 1. The van der Waals surface area contributed by atoms with Crippen LogP contribution in [0.5, 0.6) is 0 Å². The zero-order chi connectivity index (χ0) is 14.4. The second-order valence-electron chi connectivity index (χ2n) is 3.51. The summed E-state index contributed by atoms with van der Waals surface area (Å²) in [4.78, 5) is 21.6. The first-order valence-corrected chi connectivity index (χ1v) is 5.18. The molecule has 102 valence electrons. The maximum absolute atomic E-state index is 13.5. The lowest BCUT2D eigenvalue weighted by Crippen LogP contribution is -2.15. The highest BCUT2D eigenvalue weighted by atomic mass is 19.1. The highest BCUT2D eigenvalue weighted by Crippen LogP contribution is 2.20. The van der Waals surface area contributed by atoms with E-state index in [1.165, 1.54) is 6.08 Å². The molecular formula is C12H11F2NO4. The van der Waals surface area contributed by atoms with Gasteiger partial charge in [0.05, 0.1) is 12.1 Å². The Balaban J connectivity index is 2.86. The van der Waals surface area contributed by atoms with Crippen LogP contribution in [-0.4, -0.2) is 23.8 Å². The molecule has 1 amide bonds. The molecule has 0 aromatic heterocycles. The van der Waals surface area contributed by atoms with Crippen LogP contribution in [0.4, 0.5) is 19.3 Å². The molecule has 0 aliphatic heterocycles. The van der Waals surface area contributed by atoms with Crippen molar-refractivity contribution in [3.8, 4) is 0 Å². The average Bonchev–Trinajstić information content (AvgIpc) is 2.32. The largest absolute Gasteiger partial charge is 0.481 e. The fourth-order valence-electron chi connectivity index (χ4n) is 1.26. The molecule has 0 radical (unpaired) electrons. The summed E-state index contributed by atoms with van der Waals surface area (Å²) in [6, 6.07) is 1.41. The van der Waals surface area contributed by atoms with Crippen molar-refractivity contribution in [2.75, 3.05) is 11.9 Å². The topological polar surface area (TPSA) is 75.6 Å². The van der Waals surface area contributed by atoms with E-state index in [-0.39, 0.29) is 12.2 Å². The number of aliphatic carboxylic acids is 1. The van der Waals surface area contributed by atoms with E-state index in [4.69, 9.17) is 5.11 Å². The van der Waals surface area contributed by atoms with E-state index < -0.39 is 35.8 Å². The summed E-state index contributed by atoms with van der Waals surface area (Å²) in [6.07, 6.45) is -0.305. The first-order valence-electron chi connectivity index (χ1n) is 5.18. The van der Waals surface area contributed by atoms with Crippen LogP contribution in [0, 0.1) is 11.6 Å². The Morgan fingerprint density at radius 1 is 1.37 bits per heavy atom. The minimum atomic E-state index is -1.29. The summed E-state index contributed by atoms with van der Waals surface area (Å²) in [5.74, 6) is -3.17. The molecule has 0 fully saturated rings. The van der Waals surface area contributed by atoms with Crippen molar-refractivity contribution in [2.45, 2.75) is 6.42 Å². The molecule has 19 heavy (non-hydrogen) atoms. The van der Waals surface area contributed by atoms with E-state index in [0.717, 1.165) is 0 Å². The molecule has 0 spiro atoms. The highest BCUT2D eigenvalue weighted by molar-refractivity contribution is 5.85. The van der Waals surface area contributed by atoms with Crippen LogP contribution in [0.25, 0.3) is 0 Å². The molecule has 0 aliphatic carbocycles. The lowest BCUT2D eigenvalue weighted by atomic mass is 10.1. The van der Waals surface area contributed by atoms with Crippen molar-refractivity contribution in [1.29, 1.82) is 0 Å². The van der Waals surface area contributed by atoms with Gasteiger partial charge >= 0.3 is 12.1 Å². The van der Waals surface area contributed by atoms with Gasteiger partial charge in [-0.3, -0.25) is 10.1 Å². The Morgan fingerprint density at radius 3 is 2.63 bits per heavy atom. The molecule has 0 bridgehead atoms. The van der Waals surface area contributed by atoms with Gasteiger partial charge in [-0.15, -0.1) is 0 Å². The van der Waals surface area contributed by atoms with Crippen LogP contribution in [0.15, 0.2) is 24.8 Å². The van der Waals surface area contributed by atoms with Gasteiger partial charge in [0, 0.05) is 11.6 Å². The number of rotatable bonds is 5. The van der Waals surface area contributed by atoms with Gasteiger partial charge < -0.3 is 9.84 Å². The van der Waals surface area contributed by atoms with E-state index in [1.807, 2.05) is 5.32 Å². The SMILES string of the molecule is C=CCOC(=O)Nc1cc(F)c(CC(=O)O)cc1F. The number of halogens is 2. The fraction of sp³-hybridized carbons (Fsp3) is 0.167. The van der Waals surface area contributed by atoms with Crippen LogP contribution in [0.2, 0.25) is 0 Å². The number of carbonyl (C=O) groups excluding carboxylic acids is 1. The number of benzene rings is 1. The zero-order valence-electron chi connectivity index (χ0n) is 9.78. The Bertz CT molecular complexity index is 517. The number of amides is 1. The summed E-state index contributed by atoms with van der Waals surface area (Å²) in [5.41, 5.74) is -0.740. The molecule has 5 nitrogen and oxygen atoms in total. The van der Waals surface area contributed by atoms with E-state index in [1.54, 1.807) is 0 Å². The highest BCUT2D eigenvalue weighted by Gasteiger charge is 2.14. The number of hydrogen-bond donors (Lipinski definition) is 2. The molecule has 1 aromatic rings. The summed E-state index contributed by atoms with van der Waals surface area (Å²) < 4.78 is 31.5. The Morgan fingerprint density at radius 2 is 2.05 bits per heavy atom. The minimum absolute atomic E-state index is 0.0764. The molecule has 1 rings (SSSR count). The van der Waals surface area contributed by atoms with Gasteiger partial charge in [0.25, 0.3) is 0 Å². The summed E-state index contributed by atoms with van der Waals surface area (Å²) in [5, 5.41) is 10.5. The standard InChI is InChI=1S/C12H11F2NO4/c1-2-3-19-12(18)15-10-6-8(13)7(4-9(10)14)5-11(16)17/h2,4,6H,1,3,5H2,(H,15,18)(H,16,17). The Kier molecular flexibility index (Phi) is 4.99. The number of anilines is 1. The zero-order valence-corrected chi connectivity index (χ0v) is 9.78. The minimum Gasteiger partial charge on any atom is -0.481 e. The van der Waals surface area contributed by atoms with Gasteiger partial charge in [0.15, 0.2) is 0 Å². The van der Waals surface area contributed by atoms with Crippen LogP contribution >= 0.6 is 0 Å². The number of ether oxygens (including phenoxy) is 1. The van der Waals surface area contributed by atoms with Crippen LogP contribution in [-0.2, 0) is 16.0 Å². The molecule has 0 saturated carbocycles. The molecule has 1 aromatic carbocycles. The van der Waals surface area contributed by atoms with Gasteiger partial charge in [-0.05, 0) is 6.07 Å². The first kappa shape index (κ1) is 14.6. The van der Waals surface area contributed by atoms with Crippen molar-refractivity contribution in [1.82, 2.24) is 0 Å². The summed E-state index contributed by atoms with van der Waals surface area (Å²) in [6.45, 7) is 3.24. The molecule has 2 N–H and O–H groups in total. The molecule has 0 aliphatic rings. The van der Waals surface area contributed by atoms with Gasteiger partial charge in [-0.2, -0.15) is 0 Å². The van der Waals surface area contributed by atoms with Gasteiger partial charge in [-0.25, -0.2) is 13.6 Å². The van der Waals surface area contributed by atoms with Crippen molar-refractivity contribution >= 4 is 17.7 Å². The van der Waals surface area contributed by atoms with Gasteiger partial charge in [0.2, 0.25) is 0 Å². The predicted octanol–water partition coefficient (Wildman–Crippen LogP) is 2.33. The normalized spacial score (nSPS) is 9.79. The van der Waals surface area contributed by atoms with Crippen molar-refractivity contribution in [3.05, 3.63) is 42.0 Å². The Labute approximate surface area is 107 Å². The fourth-order valence-corrected chi connectivity index (χ4v) is 1.26. The van der Waals surface area contributed by atoms with E-state index in [9.17, 15) is 18.4 Å². The average molecular weight is 271 g/mol. The van der Waals surface area contributed by atoms with Gasteiger partial charge in [0.1, 0.15) is 18.2 Å². The predicted molar refractivity (Wildman–Crippen MR) is 62.9 cm³/mol. The second-order valence-corrected chi connectivity index (χ2v) is 3.51. The monoisotopic (exact) mass is 271 g/mol. The van der Waals surface area contributed by atoms with Crippen molar-refractivity contribution in [3.63, 3.8) is 0 Å².